The van der Waals surface area contributed by atoms with Crippen molar-refractivity contribution in [3.63, 3.8) is 0 Å². The molecule has 3 N–H and O–H groups in total. The molecule has 0 bridgehead atoms. The minimum absolute atomic E-state index is 0.233. The predicted octanol–water partition coefficient (Wildman–Crippen LogP) is 0.140. The van der Waals surface area contributed by atoms with Gasteiger partial charge >= 0.3 is 10.2 Å². The molecule has 5 nitrogen and oxygen atoms in total. The van der Waals surface area contributed by atoms with Gasteiger partial charge in [-0.25, -0.2) is 0 Å². The topological polar surface area (TPSA) is 84.5 Å². The number of nitrogens with two attached hydrogens (primary N) is 1. The molecule has 1 saturated carbocycles. The Morgan fingerprint density at radius 1 is 1.29 bits per heavy atom. The van der Waals surface area contributed by atoms with Crippen molar-refractivity contribution < 1.29 is 8.42 Å². The Labute approximate surface area is 84.0 Å². The molecule has 0 aromatic carbocycles. The predicted molar refractivity (Wildman–Crippen MR) is 54.0 cm³/mol. The van der Waals surface area contributed by atoms with E-state index in [1.807, 2.05) is 0 Å². The normalized spacial score (nSPS) is 32.9. The van der Waals surface area contributed by atoms with Gasteiger partial charge in [0.1, 0.15) is 5.84 Å². The third-order valence-corrected chi connectivity index (χ3v) is 3.94. The minimum Gasteiger partial charge on any atom is -0.385 e. The zero-order valence-electron chi connectivity index (χ0n) is 7.94. The van der Waals surface area contributed by atoms with Gasteiger partial charge in [-0.3, -0.25) is 0 Å². The van der Waals surface area contributed by atoms with Gasteiger partial charge in [0.15, 0.2) is 0 Å². The average molecular weight is 217 g/mol. The fourth-order valence-corrected chi connectivity index (χ4v) is 3.33. The molecular formula is C8H15N3O2S. The number of nitrogens with zero attached hydrogens (tertiary/aromatic N) is 1. The van der Waals surface area contributed by atoms with Crippen LogP contribution in [0.1, 0.15) is 32.1 Å². The highest BCUT2D eigenvalue weighted by Crippen LogP contribution is 2.28. The molecule has 1 fully saturated rings. The Bertz CT molecular complexity index is 344. The van der Waals surface area contributed by atoms with Crippen molar-refractivity contribution in [2.45, 2.75) is 38.1 Å². The van der Waals surface area contributed by atoms with Gasteiger partial charge in [0, 0.05) is 0 Å². The summed E-state index contributed by atoms with van der Waals surface area (Å²) >= 11 is 0. The Hall–Kier alpha value is -0.620. The van der Waals surface area contributed by atoms with Gasteiger partial charge in [0.25, 0.3) is 0 Å². The van der Waals surface area contributed by atoms with E-state index in [-0.39, 0.29) is 11.9 Å². The standard InChI is InChI=1S/C8H15N3O2S/c9-8-7(10-14(12,13)11-8)6-4-2-1-3-5-6/h6-7,10H,1-5H2,(H2,9,11). The average Bonchev–Trinajstić information content (AvgIpc) is 2.41. The summed E-state index contributed by atoms with van der Waals surface area (Å²) in [6.07, 6.45) is 5.66. The molecule has 2 aliphatic rings. The maximum atomic E-state index is 11.1. The molecule has 2 rings (SSSR count). The molecule has 0 radical (unpaired) electrons. The lowest BCUT2D eigenvalue weighted by molar-refractivity contribution is 0.332. The maximum Gasteiger partial charge on any atom is 0.322 e. The van der Waals surface area contributed by atoms with Crippen molar-refractivity contribution in [2.75, 3.05) is 0 Å². The Morgan fingerprint density at radius 3 is 2.43 bits per heavy atom. The van der Waals surface area contributed by atoms with E-state index in [0.717, 1.165) is 25.7 Å². The van der Waals surface area contributed by atoms with Crippen LogP contribution in [0, 0.1) is 5.92 Å². The summed E-state index contributed by atoms with van der Waals surface area (Å²) in [6, 6.07) is -0.250. The van der Waals surface area contributed by atoms with Crippen LogP contribution in [0.3, 0.4) is 0 Å². The third kappa shape index (κ3) is 1.90. The molecule has 0 spiro atoms. The lowest BCUT2D eigenvalue weighted by Crippen LogP contribution is -2.43. The maximum absolute atomic E-state index is 11.1. The van der Waals surface area contributed by atoms with Crippen molar-refractivity contribution in [1.29, 1.82) is 0 Å². The van der Waals surface area contributed by atoms with Crippen LogP contribution in [-0.2, 0) is 10.2 Å². The first kappa shape index (κ1) is 9.92. The van der Waals surface area contributed by atoms with Crippen LogP contribution in [0.15, 0.2) is 4.40 Å². The van der Waals surface area contributed by atoms with Crippen molar-refractivity contribution in [2.24, 2.45) is 16.0 Å². The van der Waals surface area contributed by atoms with Crippen LogP contribution in [-0.4, -0.2) is 20.3 Å². The van der Waals surface area contributed by atoms with Crippen LogP contribution in [0.5, 0.6) is 0 Å². The monoisotopic (exact) mass is 217 g/mol. The van der Waals surface area contributed by atoms with E-state index in [9.17, 15) is 8.42 Å². The first-order chi connectivity index (χ1) is 6.58. The largest absolute Gasteiger partial charge is 0.385 e. The van der Waals surface area contributed by atoms with Crippen LogP contribution >= 0.6 is 0 Å². The van der Waals surface area contributed by atoms with Crippen LogP contribution in [0.4, 0.5) is 0 Å². The molecule has 14 heavy (non-hydrogen) atoms. The number of nitrogens with one attached hydrogen (secondary N) is 1. The first-order valence-corrected chi connectivity index (χ1v) is 6.40. The van der Waals surface area contributed by atoms with Crippen LogP contribution in [0.25, 0.3) is 0 Å². The second-order valence-corrected chi connectivity index (χ2v) is 5.35. The Morgan fingerprint density at radius 2 is 1.93 bits per heavy atom. The molecule has 6 heteroatoms. The molecule has 0 saturated heterocycles. The molecule has 0 aromatic rings. The number of amidine groups is 1. The molecular weight excluding hydrogens is 202 g/mol. The van der Waals surface area contributed by atoms with Gasteiger partial charge in [0.05, 0.1) is 6.04 Å². The second-order valence-electron chi connectivity index (χ2n) is 3.98. The highest BCUT2D eigenvalue weighted by molar-refractivity contribution is 7.88. The van der Waals surface area contributed by atoms with Crippen LogP contribution in [0.2, 0.25) is 0 Å². The van der Waals surface area contributed by atoms with Crippen molar-refractivity contribution in [1.82, 2.24) is 4.72 Å². The van der Waals surface area contributed by atoms with Crippen LogP contribution < -0.4 is 10.5 Å². The molecule has 0 amide bonds. The van der Waals surface area contributed by atoms with Gasteiger partial charge in [0.2, 0.25) is 0 Å². The smallest absolute Gasteiger partial charge is 0.322 e. The Kier molecular flexibility index (Phi) is 2.48. The zero-order chi connectivity index (χ0) is 10.2. The number of rotatable bonds is 1. The van der Waals surface area contributed by atoms with E-state index >= 15 is 0 Å². The highest BCUT2D eigenvalue weighted by atomic mass is 32.2. The van der Waals surface area contributed by atoms with E-state index in [2.05, 4.69) is 9.12 Å². The van der Waals surface area contributed by atoms with Gasteiger partial charge < -0.3 is 5.73 Å². The van der Waals surface area contributed by atoms with Gasteiger partial charge in [-0.15, -0.1) is 4.40 Å². The quantitative estimate of drug-likeness (QED) is 0.655. The SMILES string of the molecule is NC1=NS(=O)(=O)NC1C1CCCCC1. The summed E-state index contributed by atoms with van der Waals surface area (Å²) in [6.45, 7) is 0. The van der Waals surface area contributed by atoms with E-state index in [0.29, 0.717) is 5.92 Å². The second kappa shape index (κ2) is 3.51. The van der Waals surface area contributed by atoms with Gasteiger partial charge in [-0.1, -0.05) is 19.3 Å². The summed E-state index contributed by atoms with van der Waals surface area (Å²) in [7, 11) is -3.48. The van der Waals surface area contributed by atoms with E-state index < -0.39 is 10.2 Å². The fourth-order valence-electron chi connectivity index (χ4n) is 2.25. The summed E-state index contributed by atoms with van der Waals surface area (Å²) in [4.78, 5) is 0. The van der Waals surface area contributed by atoms with E-state index in [1.54, 1.807) is 0 Å². The molecule has 0 aromatic heterocycles. The Balaban J connectivity index is 2.10. The van der Waals surface area contributed by atoms with Gasteiger partial charge in [-0.2, -0.15) is 13.1 Å². The molecule has 1 atom stereocenters. The fraction of sp³-hybridized carbons (Fsp3) is 0.875. The third-order valence-electron chi connectivity index (χ3n) is 2.94. The number of hydrogen-bond acceptors (Lipinski definition) is 3. The lowest BCUT2D eigenvalue weighted by atomic mass is 9.84. The van der Waals surface area contributed by atoms with Gasteiger partial charge in [-0.05, 0) is 18.8 Å². The summed E-state index contributed by atoms with van der Waals surface area (Å²) in [5.41, 5.74) is 5.59. The summed E-state index contributed by atoms with van der Waals surface area (Å²) in [5.74, 6) is 0.571. The molecule has 1 heterocycles. The number of hydrogen-bond donors (Lipinski definition) is 2. The van der Waals surface area contributed by atoms with E-state index in [4.69, 9.17) is 5.73 Å². The minimum atomic E-state index is -3.48. The zero-order valence-corrected chi connectivity index (χ0v) is 8.76. The van der Waals surface area contributed by atoms with Crippen molar-refractivity contribution in [3.05, 3.63) is 0 Å². The first-order valence-electron chi connectivity index (χ1n) is 4.96. The molecule has 1 aliphatic carbocycles. The summed E-state index contributed by atoms with van der Waals surface area (Å²) in [5, 5.41) is 0. The molecule has 1 aliphatic heterocycles. The van der Waals surface area contributed by atoms with Crippen molar-refractivity contribution in [3.8, 4) is 0 Å². The lowest BCUT2D eigenvalue weighted by Gasteiger charge is -2.26. The van der Waals surface area contributed by atoms with Crippen molar-refractivity contribution >= 4 is 16.0 Å². The summed E-state index contributed by atoms with van der Waals surface area (Å²) < 4.78 is 28.2. The molecule has 80 valence electrons. The van der Waals surface area contributed by atoms with E-state index in [1.165, 1.54) is 6.42 Å². The highest BCUT2D eigenvalue weighted by Gasteiger charge is 2.35. The molecule has 1 unspecified atom stereocenters.